The molecule has 2 rings (SSSR count). The van der Waals surface area contributed by atoms with Gasteiger partial charge in [-0.3, -0.25) is 0 Å². The Morgan fingerprint density at radius 1 is 1.64 bits per heavy atom. The maximum absolute atomic E-state index is 5.34. The Kier molecular flexibility index (Phi) is 3.16. The molecule has 1 aromatic rings. The Bertz CT molecular complexity index is 281. The summed E-state index contributed by atoms with van der Waals surface area (Å²) < 4.78 is 7.38. The van der Waals surface area contributed by atoms with Crippen LogP contribution in [0.15, 0.2) is 12.4 Å². The molecule has 0 saturated heterocycles. The second-order valence-electron chi connectivity index (χ2n) is 3.59. The van der Waals surface area contributed by atoms with E-state index in [1.807, 2.05) is 23.9 Å². The van der Waals surface area contributed by atoms with Crippen LogP contribution < -0.4 is 5.32 Å². The Labute approximate surface area is 84.3 Å². The second kappa shape index (κ2) is 4.57. The number of aromatic nitrogens is 2. The van der Waals surface area contributed by atoms with Crippen LogP contribution in [-0.2, 0) is 18.0 Å². The standard InChI is InChI=1S/C10H17N3O/c1-2-14-8-13-6-5-11-10(13)7-12-9-3-4-9/h5-6,9,12H,2-4,7-8H2,1H3. The molecular formula is C10H17N3O. The lowest BCUT2D eigenvalue weighted by Gasteiger charge is -2.07. The maximum Gasteiger partial charge on any atom is 0.124 e. The van der Waals surface area contributed by atoms with Gasteiger partial charge in [0.05, 0.1) is 6.54 Å². The largest absolute Gasteiger partial charge is 0.361 e. The van der Waals surface area contributed by atoms with Crippen LogP contribution in [-0.4, -0.2) is 22.2 Å². The first-order valence-corrected chi connectivity index (χ1v) is 5.21. The lowest BCUT2D eigenvalue weighted by Crippen LogP contribution is -2.19. The molecule has 1 aliphatic rings. The van der Waals surface area contributed by atoms with Gasteiger partial charge in [-0.2, -0.15) is 0 Å². The molecular weight excluding hydrogens is 178 g/mol. The molecule has 1 fully saturated rings. The first kappa shape index (κ1) is 9.68. The molecule has 0 aromatic carbocycles. The number of rotatable bonds is 6. The number of imidazole rings is 1. The van der Waals surface area contributed by atoms with E-state index < -0.39 is 0 Å². The molecule has 0 amide bonds. The summed E-state index contributed by atoms with van der Waals surface area (Å²) >= 11 is 0. The fraction of sp³-hybridized carbons (Fsp3) is 0.700. The van der Waals surface area contributed by atoms with Gasteiger partial charge in [-0.15, -0.1) is 0 Å². The van der Waals surface area contributed by atoms with Crippen molar-refractivity contribution < 1.29 is 4.74 Å². The molecule has 4 heteroatoms. The molecule has 4 nitrogen and oxygen atoms in total. The second-order valence-corrected chi connectivity index (χ2v) is 3.59. The topological polar surface area (TPSA) is 39.1 Å². The van der Waals surface area contributed by atoms with Gasteiger partial charge < -0.3 is 14.6 Å². The van der Waals surface area contributed by atoms with E-state index in [0.29, 0.717) is 6.73 Å². The molecule has 1 N–H and O–H groups in total. The summed E-state index contributed by atoms with van der Waals surface area (Å²) in [5, 5.41) is 3.44. The van der Waals surface area contributed by atoms with Crippen molar-refractivity contribution >= 4 is 0 Å². The molecule has 0 radical (unpaired) electrons. The highest BCUT2D eigenvalue weighted by molar-refractivity contribution is 4.93. The van der Waals surface area contributed by atoms with E-state index in [1.165, 1.54) is 12.8 Å². The number of nitrogens with one attached hydrogen (secondary N) is 1. The zero-order valence-corrected chi connectivity index (χ0v) is 8.57. The first-order chi connectivity index (χ1) is 6.90. The third-order valence-electron chi connectivity index (χ3n) is 2.36. The van der Waals surface area contributed by atoms with E-state index in [0.717, 1.165) is 25.0 Å². The monoisotopic (exact) mass is 195 g/mol. The average molecular weight is 195 g/mol. The lowest BCUT2D eigenvalue weighted by molar-refractivity contribution is 0.0855. The number of hydrogen-bond acceptors (Lipinski definition) is 3. The highest BCUT2D eigenvalue weighted by Gasteiger charge is 2.20. The van der Waals surface area contributed by atoms with Crippen LogP contribution in [0, 0.1) is 0 Å². The van der Waals surface area contributed by atoms with Gasteiger partial charge in [0, 0.05) is 25.0 Å². The van der Waals surface area contributed by atoms with E-state index in [4.69, 9.17) is 4.74 Å². The van der Waals surface area contributed by atoms with Crippen molar-refractivity contribution in [3.8, 4) is 0 Å². The van der Waals surface area contributed by atoms with Crippen LogP contribution in [0.2, 0.25) is 0 Å². The van der Waals surface area contributed by atoms with Crippen molar-refractivity contribution in [2.75, 3.05) is 6.61 Å². The Hall–Kier alpha value is -0.870. The predicted molar refractivity (Wildman–Crippen MR) is 53.7 cm³/mol. The first-order valence-electron chi connectivity index (χ1n) is 5.21. The van der Waals surface area contributed by atoms with Crippen molar-refractivity contribution in [2.45, 2.75) is 39.1 Å². The van der Waals surface area contributed by atoms with Gasteiger partial charge in [-0.05, 0) is 19.8 Å². The van der Waals surface area contributed by atoms with Crippen LogP contribution in [0.4, 0.5) is 0 Å². The van der Waals surface area contributed by atoms with Crippen LogP contribution in [0.3, 0.4) is 0 Å². The molecule has 1 aromatic heterocycles. The van der Waals surface area contributed by atoms with E-state index in [-0.39, 0.29) is 0 Å². The molecule has 14 heavy (non-hydrogen) atoms. The summed E-state index contributed by atoms with van der Waals surface area (Å²) in [6, 6.07) is 0.729. The predicted octanol–water partition coefficient (Wildman–Crippen LogP) is 1.13. The summed E-state index contributed by atoms with van der Waals surface area (Å²) in [5.41, 5.74) is 0. The van der Waals surface area contributed by atoms with Crippen LogP contribution >= 0.6 is 0 Å². The Balaban J connectivity index is 1.83. The third kappa shape index (κ3) is 2.56. The Morgan fingerprint density at radius 3 is 3.21 bits per heavy atom. The normalized spacial score (nSPS) is 16.1. The highest BCUT2D eigenvalue weighted by atomic mass is 16.5. The fourth-order valence-corrected chi connectivity index (χ4v) is 1.34. The van der Waals surface area contributed by atoms with Gasteiger partial charge in [0.25, 0.3) is 0 Å². The van der Waals surface area contributed by atoms with Gasteiger partial charge in [-0.1, -0.05) is 0 Å². The van der Waals surface area contributed by atoms with E-state index in [1.54, 1.807) is 0 Å². The Morgan fingerprint density at radius 2 is 2.50 bits per heavy atom. The molecule has 1 heterocycles. The van der Waals surface area contributed by atoms with Crippen LogP contribution in [0.1, 0.15) is 25.6 Å². The smallest absolute Gasteiger partial charge is 0.124 e. The zero-order valence-electron chi connectivity index (χ0n) is 8.57. The summed E-state index contributed by atoms with van der Waals surface area (Å²) in [4.78, 5) is 4.29. The summed E-state index contributed by atoms with van der Waals surface area (Å²) in [6.45, 7) is 4.20. The van der Waals surface area contributed by atoms with E-state index in [2.05, 4.69) is 10.3 Å². The number of nitrogens with zero attached hydrogens (tertiary/aromatic N) is 2. The highest BCUT2D eigenvalue weighted by Crippen LogP contribution is 2.18. The summed E-state index contributed by atoms with van der Waals surface area (Å²) in [6.07, 6.45) is 6.40. The molecule has 0 aliphatic heterocycles. The molecule has 0 spiro atoms. The number of hydrogen-bond donors (Lipinski definition) is 1. The minimum absolute atomic E-state index is 0.609. The van der Waals surface area contributed by atoms with Crippen molar-refractivity contribution in [3.05, 3.63) is 18.2 Å². The minimum atomic E-state index is 0.609. The van der Waals surface area contributed by atoms with E-state index in [9.17, 15) is 0 Å². The zero-order chi connectivity index (χ0) is 9.80. The van der Waals surface area contributed by atoms with Crippen molar-refractivity contribution in [2.24, 2.45) is 0 Å². The van der Waals surface area contributed by atoms with Crippen LogP contribution in [0.5, 0.6) is 0 Å². The quantitative estimate of drug-likeness (QED) is 0.739. The third-order valence-corrected chi connectivity index (χ3v) is 2.36. The maximum atomic E-state index is 5.34. The average Bonchev–Trinajstić information content (AvgIpc) is 2.92. The van der Waals surface area contributed by atoms with Gasteiger partial charge in [0.2, 0.25) is 0 Å². The summed E-state index contributed by atoms with van der Waals surface area (Å²) in [7, 11) is 0. The summed E-state index contributed by atoms with van der Waals surface area (Å²) in [5.74, 6) is 1.06. The van der Waals surface area contributed by atoms with Gasteiger partial charge in [0.1, 0.15) is 12.6 Å². The molecule has 78 valence electrons. The molecule has 1 saturated carbocycles. The van der Waals surface area contributed by atoms with Gasteiger partial charge in [0.15, 0.2) is 0 Å². The minimum Gasteiger partial charge on any atom is -0.361 e. The molecule has 1 aliphatic carbocycles. The van der Waals surface area contributed by atoms with Crippen molar-refractivity contribution in [1.82, 2.24) is 14.9 Å². The SMILES string of the molecule is CCOCn1ccnc1CNC1CC1. The molecule has 0 bridgehead atoms. The number of ether oxygens (including phenoxy) is 1. The van der Waals surface area contributed by atoms with Gasteiger partial charge >= 0.3 is 0 Å². The fourth-order valence-electron chi connectivity index (χ4n) is 1.34. The molecule has 0 atom stereocenters. The van der Waals surface area contributed by atoms with Gasteiger partial charge in [-0.25, -0.2) is 4.98 Å². The van der Waals surface area contributed by atoms with Crippen LogP contribution in [0.25, 0.3) is 0 Å². The van der Waals surface area contributed by atoms with Crippen molar-refractivity contribution in [3.63, 3.8) is 0 Å². The van der Waals surface area contributed by atoms with Crippen molar-refractivity contribution in [1.29, 1.82) is 0 Å². The van der Waals surface area contributed by atoms with E-state index >= 15 is 0 Å². The molecule has 0 unspecified atom stereocenters. The lowest BCUT2D eigenvalue weighted by atomic mass is 10.5.